The minimum Gasteiger partial charge on any atom is -0.457 e. The van der Waals surface area contributed by atoms with E-state index in [0.717, 1.165) is 27.9 Å². The highest BCUT2D eigenvalue weighted by molar-refractivity contribution is 7.71. The molecule has 118 valence electrons. The first-order chi connectivity index (χ1) is 11.8. The lowest BCUT2D eigenvalue weighted by atomic mass is 10.3. The summed E-state index contributed by atoms with van der Waals surface area (Å²) in [6, 6.07) is 21.5. The molecule has 2 aromatic carbocycles. The van der Waals surface area contributed by atoms with Crippen LogP contribution in [-0.2, 0) is 0 Å². The normalized spacial score (nSPS) is 10.7. The highest BCUT2D eigenvalue weighted by Crippen LogP contribution is 2.27. The van der Waals surface area contributed by atoms with E-state index in [4.69, 9.17) is 17.0 Å². The Hall–Kier alpha value is -2.70. The van der Waals surface area contributed by atoms with E-state index < -0.39 is 0 Å². The quantitative estimate of drug-likeness (QED) is 0.497. The van der Waals surface area contributed by atoms with Crippen molar-refractivity contribution in [1.82, 2.24) is 14.8 Å². The number of ether oxygens (including phenoxy) is 1. The summed E-state index contributed by atoms with van der Waals surface area (Å²) >= 11 is 7.01. The number of hydrogen-bond acceptors (Lipinski definition) is 4. The zero-order valence-electron chi connectivity index (χ0n) is 12.5. The van der Waals surface area contributed by atoms with Crippen LogP contribution in [0.15, 0.2) is 72.1 Å². The molecule has 0 unspecified atom stereocenters. The lowest BCUT2D eigenvalue weighted by molar-refractivity contribution is 0.482. The maximum Gasteiger partial charge on any atom is 0.200 e. The third-order valence-electron chi connectivity index (χ3n) is 3.49. The molecule has 0 radical (unpaired) electrons. The number of benzene rings is 2. The summed E-state index contributed by atoms with van der Waals surface area (Å²) in [5.41, 5.74) is 0.942. The van der Waals surface area contributed by atoms with Crippen molar-refractivity contribution in [2.45, 2.75) is 0 Å². The van der Waals surface area contributed by atoms with Crippen molar-refractivity contribution in [2.24, 2.45) is 0 Å². The lowest BCUT2D eigenvalue weighted by Gasteiger charge is -2.08. The first-order valence-electron chi connectivity index (χ1n) is 7.36. The molecule has 0 atom stereocenters. The Kier molecular flexibility index (Phi) is 3.98. The van der Waals surface area contributed by atoms with E-state index in [1.54, 1.807) is 11.3 Å². The number of aromatic amines is 1. The van der Waals surface area contributed by atoms with E-state index in [1.807, 2.05) is 76.7 Å². The van der Waals surface area contributed by atoms with Gasteiger partial charge in [-0.25, -0.2) is 0 Å². The molecule has 4 rings (SSSR count). The molecule has 4 nitrogen and oxygen atoms in total. The average Bonchev–Trinajstić information content (AvgIpc) is 3.26. The van der Waals surface area contributed by atoms with Crippen LogP contribution in [0, 0.1) is 4.77 Å². The van der Waals surface area contributed by atoms with Crippen molar-refractivity contribution in [3.05, 3.63) is 76.9 Å². The molecule has 1 N–H and O–H groups in total. The Morgan fingerprint density at radius 1 is 0.917 bits per heavy atom. The molecule has 0 aliphatic carbocycles. The molecule has 2 aromatic heterocycles. The lowest BCUT2D eigenvalue weighted by Crippen LogP contribution is -1.96. The summed E-state index contributed by atoms with van der Waals surface area (Å²) in [5, 5.41) is 9.24. The van der Waals surface area contributed by atoms with Gasteiger partial charge in [0, 0.05) is 0 Å². The van der Waals surface area contributed by atoms with Gasteiger partial charge in [0.1, 0.15) is 11.5 Å². The molecule has 0 saturated heterocycles. The van der Waals surface area contributed by atoms with Gasteiger partial charge in [-0.1, -0.05) is 24.3 Å². The predicted octanol–water partition coefficient (Wildman–Crippen LogP) is 5.45. The smallest absolute Gasteiger partial charge is 0.200 e. The molecule has 0 aliphatic heterocycles. The predicted molar refractivity (Wildman–Crippen MR) is 98.6 cm³/mol. The maximum atomic E-state index is 5.83. The van der Waals surface area contributed by atoms with Crippen LogP contribution >= 0.6 is 23.6 Å². The molecule has 0 fully saturated rings. The van der Waals surface area contributed by atoms with E-state index in [2.05, 4.69) is 10.2 Å². The van der Waals surface area contributed by atoms with Crippen molar-refractivity contribution in [3.63, 3.8) is 0 Å². The van der Waals surface area contributed by atoms with Gasteiger partial charge < -0.3 is 4.74 Å². The summed E-state index contributed by atoms with van der Waals surface area (Å²) in [6.45, 7) is 0. The second-order valence-corrected chi connectivity index (χ2v) is 6.41. The maximum absolute atomic E-state index is 5.83. The van der Waals surface area contributed by atoms with Crippen molar-refractivity contribution < 1.29 is 4.74 Å². The number of para-hydroxylation sites is 1. The van der Waals surface area contributed by atoms with E-state index in [-0.39, 0.29) is 0 Å². The van der Waals surface area contributed by atoms with Gasteiger partial charge in [0.2, 0.25) is 0 Å². The first kappa shape index (κ1) is 14.9. The molecule has 6 heteroatoms. The van der Waals surface area contributed by atoms with E-state index in [9.17, 15) is 0 Å². The molecular formula is C18H13N3OS2. The number of hydrogen-bond donors (Lipinski definition) is 1. The van der Waals surface area contributed by atoms with Crippen LogP contribution in [0.1, 0.15) is 0 Å². The number of aromatic nitrogens is 3. The summed E-state index contributed by atoms with van der Waals surface area (Å²) in [4.78, 5) is 1.06. The molecule has 24 heavy (non-hydrogen) atoms. The zero-order chi connectivity index (χ0) is 16.4. The number of nitrogens with zero attached hydrogens (tertiary/aromatic N) is 2. The van der Waals surface area contributed by atoms with Gasteiger partial charge >= 0.3 is 0 Å². The second-order valence-electron chi connectivity index (χ2n) is 5.07. The number of nitrogens with one attached hydrogen (secondary N) is 1. The monoisotopic (exact) mass is 351 g/mol. The van der Waals surface area contributed by atoms with Crippen molar-refractivity contribution in [2.75, 3.05) is 0 Å². The third-order valence-corrected chi connectivity index (χ3v) is 4.63. The number of rotatable bonds is 4. The van der Waals surface area contributed by atoms with Gasteiger partial charge in [-0.15, -0.1) is 11.3 Å². The standard InChI is InChI=1S/C18H13N3OS2/c23-18-20-19-17(16-7-4-12-24-16)21(18)13-8-10-15(11-9-13)22-14-5-2-1-3-6-14/h1-12H,(H,20,23). The molecule has 2 heterocycles. The highest BCUT2D eigenvalue weighted by atomic mass is 32.1. The van der Waals surface area contributed by atoms with Crippen molar-refractivity contribution in [1.29, 1.82) is 0 Å². The van der Waals surface area contributed by atoms with Gasteiger partial charge in [-0.05, 0) is 60.1 Å². The molecule has 0 amide bonds. The van der Waals surface area contributed by atoms with Gasteiger partial charge in [0.25, 0.3) is 0 Å². The third kappa shape index (κ3) is 2.89. The second kappa shape index (κ2) is 6.43. The van der Waals surface area contributed by atoms with Crippen molar-refractivity contribution >= 4 is 23.6 Å². The molecule has 0 spiro atoms. The van der Waals surface area contributed by atoms with Crippen LogP contribution in [0.2, 0.25) is 0 Å². The topological polar surface area (TPSA) is 42.8 Å². The van der Waals surface area contributed by atoms with Crippen LogP contribution in [0.4, 0.5) is 0 Å². The van der Waals surface area contributed by atoms with E-state index >= 15 is 0 Å². The fourth-order valence-corrected chi connectivity index (χ4v) is 3.34. The molecule has 0 bridgehead atoms. The zero-order valence-corrected chi connectivity index (χ0v) is 14.2. The van der Waals surface area contributed by atoms with Crippen LogP contribution in [0.3, 0.4) is 0 Å². The van der Waals surface area contributed by atoms with E-state index in [1.165, 1.54) is 0 Å². The summed E-state index contributed by atoms with van der Waals surface area (Å²) < 4.78 is 8.32. The SMILES string of the molecule is S=c1[nH]nc(-c2cccs2)n1-c1ccc(Oc2ccccc2)cc1. The van der Waals surface area contributed by atoms with Crippen LogP contribution < -0.4 is 4.74 Å². The fourth-order valence-electron chi connectivity index (χ4n) is 2.40. The highest BCUT2D eigenvalue weighted by Gasteiger charge is 2.11. The summed E-state index contributed by atoms with van der Waals surface area (Å²) in [6.07, 6.45) is 0. The summed E-state index contributed by atoms with van der Waals surface area (Å²) in [7, 11) is 0. The minimum atomic E-state index is 0.565. The fraction of sp³-hybridized carbons (Fsp3) is 0. The van der Waals surface area contributed by atoms with Gasteiger partial charge in [-0.3, -0.25) is 9.67 Å². The average molecular weight is 351 g/mol. The largest absolute Gasteiger partial charge is 0.457 e. The Balaban J connectivity index is 1.67. The summed E-state index contributed by atoms with van der Waals surface area (Å²) in [5.74, 6) is 2.40. The molecule has 0 aliphatic rings. The van der Waals surface area contributed by atoms with Crippen LogP contribution in [0.5, 0.6) is 11.5 Å². The van der Waals surface area contributed by atoms with Crippen LogP contribution in [-0.4, -0.2) is 14.8 Å². The number of thiophene rings is 1. The number of H-pyrrole nitrogens is 1. The molecular weight excluding hydrogens is 338 g/mol. The minimum absolute atomic E-state index is 0.565. The molecule has 4 aromatic rings. The Bertz CT molecular complexity index is 987. The van der Waals surface area contributed by atoms with Crippen LogP contribution in [0.25, 0.3) is 16.4 Å². The van der Waals surface area contributed by atoms with Gasteiger partial charge in [0.05, 0.1) is 10.6 Å². The van der Waals surface area contributed by atoms with Crippen molar-refractivity contribution in [3.8, 4) is 27.9 Å². The Morgan fingerprint density at radius 3 is 2.38 bits per heavy atom. The van der Waals surface area contributed by atoms with Gasteiger partial charge in [0.15, 0.2) is 10.6 Å². The van der Waals surface area contributed by atoms with Gasteiger partial charge in [-0.2, -0.15) is 5.10 Å². The Labute approximate surface area is 148 Å². The van der Waals surface area contributed by atoms with E-state index in [0.29, 0.717) is 4.77 Å². The first-order valence-corrected chi connectivity index (χ1v) is 8.65. The molecule has 0 saturated carbocycles. The Morgan fingerprint density at radius 2 is 1.67 bits per heavy atom.